The van der Waals surface area contributed by atoms with Crippen LogP contribution in [0.15, 0.2) is 91.0 Å². The maximum Gasteiger partial charge on any atom is 0.255 e. The van der Waals surface area contributed by atoms with Crippen molar-refractivity contribution in [2.75, 3.05) is 17.2 Å². The van der Waals surface area contributed by atoms with E-state index >= 15 is 0 Å². The van der Waals surface area contributed by atoms with Gasteiger partial charge in [0, 0.05) is 35.8 Å². The highest BCUT2D eigenvalue weighted by Gasteiger charge is 2.13. The second kappa shape index (κ2) is 10.7. The van der Waals surface area contributed by atoms with Crippen molar-refractivity contribution in [3.63, 3.8) is 0 Å². The number of nitrogens with two attached hydrogens (primary N) is 1. The molecule has 0 spiro atoms. The summed E-state index contributed by atoms with van der Waals surface area (Å²) in [5.74, 6) is -0.692. The summed E-state index contributed by atoms with van der Waals surface area (Å²) >= 11 is 0. The molecule has 34 heavy (non-hydrogen) atoms. The van der Waals surface area contributed by atoms with Crippen molar-refractivity contribution in [3.8, 4) is 11.1 Å². The molecule has 0 aromatic heterocycles. The molecule has 0 aliphatic carbocycles. The largest absolute Gasteiger partial charge is 0.396 e. The van der Waals surface area contributed by atoms with Gasteiger partial charge in [0.15, 0.2) is 0 Å². The number of para-hydroxylation sites is 2. The second-order valence-electron chi connectivity index (χ2n) is 7.93. The van der Waals surface area contributed by atoms with Crippen molar-refractivity contribution in [1.29, 1.82) is 0 Å². The molecule has 0 bridgehead atoms. The highest BCUT2D eigenvalue weighted by Crippen LogP contribution is 2.29. The van der Waals surface area contributed by atoms with Crippen molar-refractivity contribution < 1.29 is 14.3 Å². The number of amides is 1. The van der Waals surface area contributed by atoms with E-state index in [4.69, 9.17) is 5.73 Å². The van der Waals surface area contributed by atoms with E-state index in [1.54, 1.807) is 18.2 Å². The van der Waals surface area contributed by atoms with Crippen LogP contribution in [0.1, 0.15) is 21.5 Å². The van der Waals surface area contributed by atoms with Gasteiger partial charge in [-0.3, -0.25) is 4.79 Å². The Morgan fingerprint density at radius 2 is 1.59 bits per heavy atom. The van der Waals surface area contributed by atoms with E-state index in [2.05, 4.69) is 10.6 Å². The highest BCUT2D eigenvalue weighted by atomic mass is 19.1. The van der Waals surface area contributed by atoms with E-state index in [-0.39, 0.29) is 24.9 Å². The van der Waals surface area contributed by atoms with E-state index in [1.165, 1.54) is 12.1 Å². The molecule has 0 aliphatic heterocycles. The first-order chi connectivity index (χ1) is 16.6. The number of rotatable bonds is 8. The molecule has 4 rings (SSSR count). The average Bonchev–Trinajstić information content (AvgIpc) is 2.85. The number of carbonyl (C=O) groups is 1. The molecule has 0 heterocycles. The molecular weight excluding hydrogens is 429 g/mol. The lowest BCUT2D eigenvalue weighted by Crippen LogP contribution is -2.14. The van der Waals surface area contributed by atoms with Crippen molar-refractivity contribution in [3.05, 3.63) is 114 Å². The van der Waals surface area contributed by atoms with Crippen LogP contribution in [0.2, 0.25) is 0 Å². The number of hydrogen-bond donors (Lipinski definition) is 4. The van der Waals surface area contributed by atoms with Crippen molar-refractivity contribution >= 4 is 23.0 Å². The zero-order valence-electron chi connectivity index (χ0n) is 18.6. The Kier molecular flexibility index (Phi) is 7.32. The van der Waals surface area contributed by atoms with Crippen LogP contribution in [0.25, 0.3) is 11.1 Å². The summed E-state index contributed by atoms with van der Waals surface area (Å²) in [4.78, 5) is 13.3. The smallest absolute Gasteiger partial charge is 0.255 e. The standard InChI is InChI=1S/C28H26FN3O2/c29-24-13-19(18-30)12-21(15-24)22-14-23(17-26(16-22)31-25-7-2-1-3-8-25)28(34)32-27-9-5-4-6-20(27)10-11-33/h1-9,12-17,31,33H,10-11,18,30H2,(H,32,34). The van der Waals surface area contributed by atoms with E-state index in [0.29, 0.717) is 40.0 Å². The third-order valence-corrected chi connectivity index (χ3v) is 5.43. The Morgan fingerprint density at radius 1 is 0.853 bits per heavy atom. The zero-order chi connectivity index (χ0) is 23.9. The maximum atomic E-state index is 14.2. The topological polar surface area (TPSA) is 87.4 Å². The first-order valence-electron chi connectivity index (χ1n) is 11.0. The summed E-state index contributed by atoms with van der Waals surface area (Å²) in [6.45, 7) is 0.193. The summed E-state index contributed by atoms with van der Waals surface area (Å²) in [6.07, 6.45) is 0.433. The molecule has 5 N–H and O–H groups in total. The molecule has 0 radical (unpaired) electrons. The minimum atomic E-state index is -0.386. The molecule has 0 aliphatic rings. The Hall–Kier alpha value is -4.00. The average molecular weight is 456 g/mol. The van der Waals surface area contributed by atoms with Gasteiger partial charge in [0.25, 0.3) is 5.91 Å². The van der Waals surface area contributed by atoms with Gasteiger partial charge >= 0.3 is 0 Å². The zero-order valence-corrected chi connectivity index (χ0v) is 18.6. The van der Waals surface area contributed by atoms with Gasteiger partial charge in [-0.1, -0.05) is 36.4 Å². The molecule has 1 amide bonds. The van der Waals surface area contributed by atoms with Crippen LogP contribution < -0.4 is 16.4 Å². The molecule has 0 saturated heterocycles. The molecule has 6 heteroatoms. The van der Waals surface area contributed by atoms with Gasteiger partial charge < -0.3 is 21.5 Å². The number of carbonyl (C=O) groups excluding carboxylic acids is 1. The van der Waals surface area contributed by atoms with Crippen LogP contribution in [-0.4, -0.2) is 17.6 Å². The Morgan fingerprint density at radius 3 is 2.35 bits per heavy atom. The summed E-state index contributed by atoms with van der Waals surface area (Å²) in [6, 6.07) is 27.0. The number of anilines is 3. The van der Waals surface area contributed by atoms with Gasteiger partial charge in [-0.2, -0.15) is 0 Å². The molecule has 4 aromatic carbocycles. The van der Waals surface area contributed by atoms with Gasteiger partial charge in [-0.15, -0.1) is 0 Å². The molecule has 172 valence electrons. The minimum Gasteiger partial charge on any atom is -0.396 e. The lowest BCUT2D eigenvalue weighted by atomic mass is 9.99. The monoisotopic (exact) mass is 455 g/mol. The van der Waals surface area contributed by atoms with Crippen LogP contribution in [0, 0.1) is 5.82 Å². The number of hydrogen-bond acceptors (Lipinski definition) is 4. The molecular formula is C28H26FN3O2. The predicted molar refractivity (Wildman–Crippen MR) is 135 cm³/mol. The molecule has 0 atom stereocenters. The van der Waals surface area contributed by atoms with Crippen LogP contribution in [0.3, 0.4) is 0 Å². The SMILES string of the molecule is NCc1cc(F)cc(-c2cc(Nc3ccccc3)cc(C(=O)Nc3ccccc3CCO)c2)c1. The van der Waals surface area contributed by atoms with Gasteiger partial charge in [0.05, 0.1) is 0 Å². The van der Waals surface area contributed by atoms with Gasteiger partial charge in [0.2, 0.25) is 0 Å². The predicted octanol–water partition coefficient (Wildman–Crippen LogP) is 5.48. The summed E-state index contributed by atoms with van der Waals surface area (Å²) < 4.78 is 14.2. The third kappa shape index (κ3) is 5.67. The Balaban J connectivity index is 1.74. The first-order valence-corrected chi connectivity index (χ1v) is 11.0. The van der Waals surface area contributed by atoms with Gasteiger partial charge in [-0.05, 0) is 83.3 Å². The van der Waals surface area contributed by atoms with Crippen molar-refractivity contribution in [1.82, 2.24) is 0 Å². The van der Waals surface area contributed by atoms with E-state index in [1.807, 2.05) is 60.7 Å². The lowest BCUT2D eigenvalue weighted by Gasteiger charge is -2.14. The second-order valence-corrected chi connectivity index (χ2v) is 7.93. The summed E-state index contributed by atoms with van der Waals surface area (Å²) in [5.41, 5.74) is 11.2. The van der Waals surface area contributed by atoms with E-state index in [9.17, 15) is 14.3 Å². The number of nitrogens with one attached hydrogen (secondary N) is 2. The van der Waals surface area contributed by atoms with Crippen molar-refractivity contribution in [2.45, 2.75) is 13.0 Å². The minimum absolute atomic E-state index is 0.0173. The summed E-state index contributed by atoms with van der Waals surface area (Å²) in [7, 11) is 0. The lowest BCUT2D eigenvalue weighted by molar-refractivity contribution is 0.102. The molecule has 0 unspecified atom stereocenters. The van der Waals surface area contributed by atoms with Crippen LogP contribution in [-0.2, 0) is 13.0 Å². The Labute approximate surface area is 198 Å². The molecule has 4 aromatic rings. The van der Waals surface area contributed by atoms with Crippen LogP contribution in [0.4, 0.5) is 21.5 Å². The van der Waals surface area contributed by atoms with Gasteiger partial charge in [0.1, 0.15) is 5.82 Å². The summed E-state index contributed by atoms with van der Waals surface area (Å²) in [5, 5.41) is 15.6. The number of aliphatic hydroxyl groups is 1. The fourth-order valence-corrected chi connectivity index (χ4v) is 3.80. The molecule has 0 fully saturated rings. The number of benzene rings is 4. The van der Waals surface area contributed by atoms with Crippen LogP contribution in [0.5, 0.6) is 0 Å². The highest BCUT2D eigenvalue weighted by molar-refractivity contribution is 6.06. The van der Waals surface area contributed by atoms with Gasteiger partial charge in [-0.25, -0.2) is 4.39 Å². The fraction of sp³-hybridized carbons (Fsp3) is 0.107. The first kappa shape index (κ1) is 23.2. The molecule has 0 saturated carbocycles. The number of aliphatic hydroxyl groups excluding tert-OH is 1. The Bertz CT molecular complexity index is 1290. The maximum absolute atomic E-state index is 14.2. The van der Waals surface area contributed by atoms with E-state index in [0.717, 1.165) is 11.3 Å². The molecule has 5 nitrogen and oxygen atoms in total. The van der Waals surface area contributed by atoms with Crippen molar-refractivity contribution in [2.24, 2.45) is 5.73 Å². The number of halogens is 1. The fourth-order valence-electron chi connectivity index (χ4n) is 3.80. The van der Waals surface area contributed by atoms with E-state index < -0.39 is 0 Å². The third-order valence-electron chi connectivity index (χ3n) is 5.43. The quantitative estimate of drug-likeness (QED) is 0.283. The normalized spacial score (nSPS) is 10.7. The van der Waals surface area contributed by atoms with Crippen LogP contribution >= 0.6 is 0 Å².